The van der Waals surface area contributed by atoms with E-state index in [1.54, 1.807) is 7.11 Å². The largest absolute Gasteiger partial charge is 0.497 e. The quantitative estimate of drug-likeness (QED) is 0.690. The third-order valence-electron chi connectivity index (χ3n) is 5.09. The monoisotopic (exact) mass is 357 g/mol. The van der Waals surface area contributed by atoms with Crippen molar-refractivity contribution in [1.29, 1.82) is 0 Å². The van der Waals surface area contributed by atoms with Crippen LogP contribution in [0.5, 0.6) is 11.5 Å². The molecule has 1 fully saturated rings. The lowest BCUT2D eigenvalue weighted by Crippen LogP contribution is -2.44. The van der Waals surface area contributed by atoms with E-state index in [2.05, 4.69) is 39.7 Å². The molecule has 0 bridgehead atoms. The van der Waals surface area contributed by atoms with Crippen molar-refractivity contribution in [3.8, 4) is 11.5 Å². The van der Waals surface area contributed by atoms with Crippen LogP contribution in [0.1, 0.15) is 12.1 Å². The van der Waals surface area contributed by atoms with Gasteiger partial charge >= 0.3 is 0 Å². The average molecular weight is 357 g/mol. The first-order valence-corrected chi connectivity index (χ1v) is 9.56. The number of nitrogens with zero attached hydrogens (tertiary/aromatic N) is 3. The van der Waals surface area contributed by atoms with Crippen molar-refractivity contribution in [1.82, 2.24) is 14.4 Å². The van der Waals surface area contributed by atoms with Gasteiger partial charge in [0.25, 0.3) is 0 Å². The Kier molecular flexibility index (Phi) is 6.97. The smallest absolute Gasteiger partial charge is 0.119 e. The number of benzene rings is 1. The molecule has 0 unspecified atom stereocenters. The highest BCUT2D eigenvalue weighted by Crippen LogP contribution is 2.17. The van der Waals surface area contributed by atoms with Gasteiger partial charge in [0.15, 0.2) is 0 Å². The molecule has 1 aliphatic rings. The van der Waals surface area contributed by atoms with Gasteiger partial charge < -0.3 is 23.8 Å². The molecule has 5 heteroatoms. The first-order valence-electron chi connectivity index (χ1n) is 9.56. The van der Waals surface area contributed by atoms with Crippen molar-refractivity contribution in [2.24, 2.45) is 0 Å². The molecular formula is C21H31N3O2. The lowest BCUT2D eigenvalue weighted by molar-refractivity contribution is 0.153. The van der Waals surface area contributed by atoms with Gasteiger partial charge in [0.05, 0.1) is 13.7 Å². The Balaban J connectivity index is 1.38. The van der Waals surface area contributed by atoms with Crippen LogP contribution >= 0.6 is 0 Å². The van der Waals surface area contributed by atoms with Gasteiger partial charge in [-0.05, 0) is 62.8 Å². The summed E-state index contributed by atoms with van der Waals surface area (Å²) in [6, 6.07) is 12.1. The lowest BCUT2D eigenvalue weighted by Gasteiger charge is -2.32. The van der Waals surface area contributed by atoms with Crippen LogP contribution in [0, 0.1) is 0 Å². The number of rotatable bonds is 9. The van der Waals surface area contributed by atoms with Gasteiger partial charge in [-0.15, -0.1) is 0 Å². The molecular weight excluding hydrogens is 326 g/mol. The number of methoxy groups -OCH3 is 1. The molecule has 2 aromatic rings. The minimum Gasteiger partial charge on any atom is -0.497 e. The molecule has 2 heterocycles. The van der Waals surface area contributed by atoms with E-state index in [9.17, 15) is 0 Å². The molecule has 1 aromatic carbocycles. The van der Waals surface area contributed by atoms with Crippen molar-refractivity contribution in [2.45, 2.75) is 19.4 Å². The molecule has 1 aliphatic heterocycles. The Bertz CT molecular complexity index is 646. The summed E-state index contributed by atoms with van der Waals surface area (Å²) >= 11 is 0. The molecule has 142 valence electrons. The zero-order valence-corrected chi connectivity index (χ0v) is 16.1. The average Bonchev–Trinajstić information content (AvgIpc) is 3.11. The molecule has 1 saturated heterocycles. The van der Waals surface area contributed by atoms with Gasteiger partial charge in [-0.2, -0.15) is 0 Å². The molecule has 5 nitrogen and oxygen atoms in total. The standard InChI is InChI=1S/C21H31N3O2/c1-22-13-15-23(16-14-22)11-3-5-19-6-4-12-24(19)17-18-26-21-9-7-20(25-2)8-10-21/h4,6-10,12H,3,5,11,13-18H2,1-2H3. The maximum Gasteiger partial charge on any atom is 0.119 e. The van der Waals surface area contributed by atoms with Crippen LogP contribution in [0.2, 0.25) is 0 Å². The summed E-state index contributed by atoms with van der Waals surface area (Å²) in [5, 5.41) is 0. The fourth-order valence-corrected chi connectivity index (χ4v) is 3.38. The number of piperazine rings is 1. The van der Waals surface area contributed by atoms with E-state index in [0.29, 0.717) is 6.61 Å². The summed E-state index contributed by atoms with van der Waals surface area (Å²) < 4.78 is 13.3. The van der Waals surface area contributed by atoms with Crippen LogP contribution in [0.3, 0.4) is 0 Å². The number of ether oxygens (including phenoxy) is 2. The number of likely N-dealkylation sites (N-methyl/N-ethyl adjacent to an activating group) is 1. The first kappa shape index (κ1) is 18.8. The Hall–Kier alpha value is -1.98. The Labute approximate surface area is 157 Å². The Morgan fingerprint density at radius 3 is 2.38 bits per heavy atom. The van der Waals surface area contributed by atoms with Crippen molar-refractivity contribution < 1.29 is 9.47 Å². The molecule has 0 N–H and O–H groups in total. The van der Waals surface area contributed by atoms with E-state index < -0.39 is 0 Å². The Morgan fingerprint density at radius 2 is 1.65 bits per heavy atom. The van der Waals surface area contributed by atoms with Gasteiger partial charge in [-0.3, -0.25) is 0 Å². The maximum atomic E-state index is 5.85. The predicted octanol–water partition coefficient (Wildman–Crippen LogP) is 2.76. The minimum absolute atomic E-state index is 0.673. The van der Waals surface area contributed by atoms with E-state index in [4.69, 9.17) is 9.47 Å². The van der Waals surface area contributed by atoms with E-state index >= 15 is 0 Å². The van der Waals surface area contributed by atoms with E-state index in [-0.39, 0.29) is 0 Å². The number of aryl methyl sites for hydroxylation is 1. The van der Waals surface area contributed by atoms with E-state index in [1.807, 2.05) is 24.3 Å². The van der Waals surface area contributed by atoms with Gasteiger partial charge in [-0.1, -0.05) is 0 Å². The maximum absolute atomic E-state index is 5.85. The summed E-state index contributed by atoms with van der Waals surface area (Å²) in [6.07, 6.45) is 4.50. The van der Waals surface area contributed by atoms with Crippen LogP contribution in [-0.4, -0.2) is 67.9 Å². The van der Waals surface area contributed by atoms with Gasteiger partial charge in [0.1, 0.15) is 18.1 Å². The summed E-state index contributed by atoms with van der Waals surface area (Å²) in [6.45, 7) is 7.54. The summed E-state index contributed by atoms with van der Waals surface area (Å²) in [4.78, 5) is 4.99. The second-order valence-electron chi connectivity index (χ2n) is 6.97. The highest BCUT2D eigenvalue weighted by Gasteiger charge is 2.13. The van der Waals surface area contributed by atoms with E-state index in [1.165, 1.54) is 44.8 Å². The Morgan fingerprint density at radius 1 is 0.923 bits per heavy atom. The number of hydrogen-bond donors (Lipinski definition) is 0. The van der Waals surface area contributed by atoms with Gasteiger partial charge in [-0.25, -0.2) is 0 Å². The number of aromatic nitrogens is 1. The lowest BCUT2D eigenvalue weighted by atomic mass is 10.2. The highest BCUT2D eigenvalue weighted by molar-refractivity contribution is 5.31. The fourth-order valence-electron chi connectivity index (χ4n) is 3.38. The van der Waals surface area contributed by atoms with Crippen LogP contribution in [0.4, 0.5) is 0 Å². The third kappa shape index (κ3) is 5.51. The second-order valence-corrected chi connectivity index (χ2v) is 6.97. The molecule has 3 rings (SSSR count). The molecule has 0 amide bonds. The molecule has 0 atom stereocenters. The van der Waals surface area contributed by atoms with Crippen molar-refractivity contribution in [3.63, 3.8) is 0 Å². The topological polar surface area (TPSA) is 29.9 Å². The third-order valence-corrected chi connectivity index (χ3v) is 5.09. The molecule has 0 saturated carbocycles. The summed E-state index contributed by atoms with van der Waals surface area (Å²) in [5.41, 5.74) is 1.40. The van der Waals surface area contributed by atoms with Crippen molar-refractivity contribution in [2.75, 3.05) is 53.5 Å². The molecule has 26 heavy (non-hydrogen) atoms. The van der Waals surface area contributed by atoms with Crippen LogP contribution in [0.15, 0.2) is 42.6 Å². The molecule has 0 aliphatic carbocycles. The minimum atomic E-state index is 0.673. The molecule has 1 aromatic heterocycles. The second kappa shape index (κ2) is 9.64. The zero-order valence-electron chi connectivity index (χ0n) is 16.1. The predicted molar refractivity (Wildman–Crippen MR) is 105 cm³/mol. The van der Waals surface area contributed by atoms with Crippen LogP contribution in [-0.2, 0) is 13.0 Å². The number of hydrogen-bond acceptors (Lipinski definition) is 4. The normalized spacial score (nSPS) is 15.9. The summed E-state index contributed by atoms with van der Waals surface area (Å²) in [5.74, 6) is 1.74. The van der Waals surface area contributed by atoms with Crippen molar-refractivity contribution in [3.05, 3.63) is 48.3 Å². The SMILES string of the molecule is COc1ccc(OCCn2cccc2CCCN2CCN(C)CC2)cc1. The first-order chi connectivity index (χ1) is 12.7. The van der Waals surface area contributed by atoms with Crippen LogP contribution < -0.4 is 9.47 Å². The van der Waals surface area contributed by atoms with Crippen LogP contribution in [0.25, 0.3) is 0 Å². The molecule has 0 radical (unpaired) electrons. The van der Waals surface area contributed by atoms with Gasteiger partial charge in [0, 0.05) is 38.1 Å². The molecule has 0 spiro atoms. The highest BCUT2D eigenvalue weighted by atomic mass is 16.5. The zero-order chi connectivity index (χ0) is 18.2. The van der Waals surface area contributed by atoms with E-state index in [0.717, 1.165) is 24.5 Å². The summed E-state index contributed by atoms with van der Waals surface area (Å²) in [7, 11) is 3.88. The fraction of sp³-hybridized carbons (Fsp3) is 0.524. The van der Waals surface area contributed by atoms with Gasteiger partial charge in [0.2, 0.25) is 0 Å². The van der Waals surface area contributed by atoms with Crippen molar-refractivity contribution >= 4 is 0 Å².